The van der Waals surface area contributed by atoms with Crippen LogP contribution in [0.5, 0.6) is 0 Å². The molecule has 2 fully saturated rings. The monoisotopic (exact) mass is 524 g/mol. The van der Waals surface area contributed by atoms with Crippen LogP contribution in [0.1, 0.15) is 41.6 Å². The molecule has 2 aliphatic rings. The molecule has 0 saturated carbocycles. The Hall–Kier alpha value is -3.41. The Morgan fingerprint density at radius 1 is 1.11 bits per heavy atom. The molecular weight excluding hydrogens is 493 g/mol. The van der Waals surface area contributed by atoms with Crippen molar-refractivity contribution in [3.8, 4) is 0 Å². The number of carboxylic acid groups (broad SMARTS) is 1. The third kappa shape index (κ3) is 8.31. The maximum Gasteiger partial charge on any atom is 0.416 e. The van der Waals surface area contributed by atoms with Crippen LogP contribution in [0.25, 0.3) is 0 Å². The third-order valence-electron chi connectivity index (χ3n) is 6.56. The standard InChI is InChI=1S/C25H31F3N4O5/c26-25(27,28)19-6-4-17(5-7-19)23(35)31-20(24(36)37)14-30-22(34)18-2-1-13-32(15-18)21(33)8-3-16-9-11-29-12-10-16/h3-8,16,18,20,29H,1-2,9-15H2,(H,30,34)(H,31,35)(H,36,37)/b8-3+/t18-,20?/m1/s1. The fourth-order valence-corrected chi connectivity index (χ4v) is 4.35. The summed E-state index contributed by atoms with van der Waals surface area (Å²) in [5.41, 5.74) is -1.09. The fraction of sp³-hybridized carbons (Fsp3) is 0.520. The van der Waals surface area contributed by atoms with Gasteiger partial charge < -0.3 is 26.0 Å². The summed E-state index contributed by atoms with van der Waals surface area (Å²) in [6.07, 6.45) is 2.01. The van der Waals surface area contributed by atoms with Crippen LogP contribution in [0.4, 0.5) is 13.2 Å². The molecule has 0 radical (unpaired) electrons. The van der Waals surface area contributed by atoms with Crippen LogP contribution in [-0.4, -0.2) is 72.5 Å². The van der Waals surface area contributed by atoms with Gasteiger partial charge in [0.1, 0.15) is 6.04 Å². The summed E-state index contributed by atoms with van der Waals surface area (Å²) in [6.45, 7) is 2.15. The lowest BCUT2D eigenvalue weighted by Gasteiger charge is -2.31. The van der Waals surface area contributed by atoms with E-state index in [9.17, 15) is 37.5 Å². The first-order chi connectivity index (χ1) is 17.5. The summed E-state index contributed by atoms with van der Waals surface area (Å²) >= 11 is 0. The Labute approximate surface area is 212 Å². The van der Waals surface area contributed by atoms with Crippen LogP contribution in [-0.2, 0) is 20.6 Å². The maximum absolute atomic E-state index is 12.7. The molecule has 37 heavy (non-hydrogen) atoms. The van der Waals surface area contributed by atoms with Gasteiger partial charge in [-0.15, -0.1) is 0 Å². The number of hydrogen-bond acceptors (Lipinski definition) is 5. The van der Waals surface area contributed by atoms with Gasteiger partial charge in [-0.1, -0.05) is 6.08 Å². The summed E-state index contributed by atoms with van der Waals surface area (Å²) in [6, 6.07) is 1.85. The first-order valence-electron chi connectivity index (χ1n) is 12.2. The van der Waals surface area contributed by atoms with Gasteiger partial charge in [0.15, 0.2) is 0 Å². The number of amides is 3. The number of aliphatic carboxylic acids is 1. The minimum Gasteiger partial charge on any atom is -0.480 e. The van der Waals surface area contributed by atoms with E-state index < -0.39 is 48.0 Å². The van der Waals surface area contributed by atoms with Crippen LogP contribution in [0.3, 0.4) is 0 Å². The number of rotatable bonds is 8. The first kappa shape index (κ1) is 28.2. The molecule has 2 saturated heterocycles. The van der Waals surface area contributed by atoms with E-state index in [-0.39, 0.29) is 18.0 Å². The Kier molecular flexibility index (Phi) is 9.67. The van der Waals surface area contributed by atoms with E-state index in [4.69, 9.17) is 0 Å². The summed E-state index contributed by atoms with van der Waals surface area (Å²) < 4.78 is 38.1. The molecule has 4 N–H and O–H groups in total. The van der Waals surface area contributed by atoms with Crippen molar-refractivity contribution in [3.63, 3.8) is 0 Å². The van der Waals surface area contributed by atoms with Gasteiger partial charge in [-0.05, 0) is 75.0 Å². The van der Waals surface area contributed by atoms with Gasteiger partial charge in [0.25, 0.3) is 5.91 Å². The number of carbonyl (C=O) groups excluding carboxylic acids is 3. The molecule has 1 aromatic carbocycles. The number of benzene rings is 1. The molecule has 2 heterocycles. The van der Waals surface area contributed by atoms with E-state index in [2.05, 4.69) is 16.0 Å². The largest absolute Gasteiger partial charge is 0.480 e. The molecule has 3 amide bonds. The van der Waals surface area contributed by atoms with E-state index >= 15 is 0 Å². The zero-order valence-corrected chi connectivity index (χ0v) is 20.2. The molecule has 9 nitrogen and oxygen atoms in total. The Balaban J connectivity index is 1.50. The number of allylic oxidation sites excluding steroid dienone is 1. The average molecular weight is 525 g/mol. The maximum atomic E-state index is 12.7. The van der Waals surface area contributed by atoms with Crippen LogP contribution >= 0.6 is 0 Å². The SMILES string of the molecule is O=C(NC(CNC(=O)[C@@H]1CCCN(C(=O)/C=C/C2CCNCC2)C1)C(=O)O)c1ccc(C(F)(F)F)cc1. The predicted molar refractivity (Wildman–Crippen MR) is 127 cm³/mol. The molecule has 1 unspecified atom stereocenters. The summed E-state index contributed by atoms with van der Waals surface area (Å²) in [7, 11) is 0. The number of nitrogens with zero attached hydrogens (tertiary/aromatic N) is 1. The number of halogens is 3. The van der Waals surface area contributed by atoms with Gasteiger partial charge in [-0.25, -0.2) is 4.79 Å². The van der Waals surface area contributed by atoms with Gasteiger partial charge in [0, 0.05) is 25.2 Å². The molecule has 0 bridgehead atoms. The van der Waals surface area contributed by atoms with Crippen molar-refractivity contribution in [1.29, 1.82) is 0 Å². The van der Waals surface area contributed by atoms with E-state index in [1.165, 1.54) is 0 Å². The van der Waals surface area contributed by atoms with Gasteiger partial charge in [-0.3, -0.25) is 14.4 Å². The lowest BCUT2D eigenvalue weighted by atomic mass is 9.96. The van der Waals surface area contributed by atoms with E-state index in [0.717, 1.165) is 50.2 Å². The second kappa shape index (κ2) is 12.7. The number of alkyl halides is 3. The number of likely N-dealkylation sites (tertiary alicyclic amines) is 1. The highest BCUT2D eigenvalue weighted by atomic mass is 19.4. The summed E-state index contributed by atoms with van der Waals surface area (Å²) in [4.78, 5) is 50.8. The van der Waals surface area contributed by atoms with Crippen molar-refractivity contribution in [1.82, 2.24) is 20.9 Å². The van der Waals surface area contributed by atoms with Crippen LogP contribution < -0.4 is 16.0 Å². The van der Waals surface area contributed by atoms with Crippen molar-refractivity contribution in [2.75, 3.05) is 32.7 Å². The molecule has 0 aromatic heterocycles. The zero-order valence-electron chi connectivity index (χ0n) is 20.2. The van der Waals surface area contributed by atoms with E-state index in [1.807, 2.05) is 6.08 Å². The second-order valence-electron chi connectivity index (χ2n) is 9.25. The van der Waals surface area contributed by atoms with Crippen molar-refractivity contribution in [3.05, 3.63) is 47.5 Å². The molecule has 3 rings (SSSR count). The van der Waals surface area contributed by atoms with Gasteiger partial charge >= 0.3 is 12.1 Å². The Bertz CT molecular complexity index is 1010. The smallest absolute Gasteiger partial charge is 0.416 e. The topological polar surface area (TPSA) is 128 Å². The lowest BCUT2D eigenvalue weighted by Crippen LogP contribution is -2.51. The third-order valence-corrected chi connectivity index (χ3v) is 6.56. The molecular formula is C25H31F3N4O5. The van der Waals surface area contributed by atoms with Crippen molar-refractivity contribution < 1.29 is 37.5 Å². The molecule has 202 valence electrons. The molecule has 1 aromatic rings. The van der Waals surface area contributed by atoms with Crippen LogP contribution in [0.15, 0.2) is 36.4 Å². The number of nitrogens with one attached hydrogen (secondary N) is 3. The number of piperidine rings is 2. The highest BCUT2D eigenvalue weighted by Crippen LogP contribution is 2.29. The second-order valence-corrected chi connectivity index (χ2v) is 9.25. The van der Waals surface area contributed by atoms with Crippen molar-refractivity contribution in [2.45, 2.75) is 37.9 Å². The van der Waals surface area contributed by atoms with Gasteiger partial charge in [0.05, 0.1) is 11.5 Å². The average Bonchev–Trinajstić information content (AvgIpc) is 2.89. The summed E-state index contributed by atoms with van der Waals surface area (Å²) in [5, 5.41) is 17.4. The van der Waals surface area contributed by atoms with Gasteiger partial charge in [0.2, 0.25) is 11.8 Å². The van der Waals surface area contributed by atoms with Crippen molar-refractivity contribution in [2.24, 2.45) is 11.8 Å². The van der Waals surface area contributed by atoms with E-state index in [0.29, 0.717) is 25.3 Å². The predicted octanol–water partition coefficient (Wildman–Crippen LogP) is 1.80. The summed E-state index contributed by atoms with van der Waals surface area (Å²) in [5.74, 6) is -3.07. The van der Waals surface area contributed by atoms with Gasteiger partial charge in [-0.2, -0.15) is 13.2 Å². The highest BCUT2D eigenvalue weighted by molar-refractivity contribution is 5.96. The Morgan fingerprint density at radius 3 is 2.41 bits per heavy atom. The molecule has 2 atom stereocenters. The minimum atomic E-state index is -4.56. The van der Waals surface area contributed by atoms with Crippen molar-refractivity contribution >= 4 is 23.7 Å². The first-order valence-corrected chi connectivity index (χ1v) is 12.2. The molecule has 0 aliphatic carbocycles. The zero-order chi connectivity index (χ0) is 27.0. The number of carboxylic acids is 1. The quantitative estimate of drug-likeness (QED) is 0.384. The number of hydrogen-bond donors (Lipinski definition) is 4. The van der Waals surface area contributed by atoms with E-state index in [1.54, 1.807) is 11.0 Å². The van der Waals surface area contributed by atoms with Crippen LogP contribution in [0.2, 0.25) is 0 Å². The highest BCUT2D eigenvalue weighted by Gasteiger charge is 2.31. The normalized spacial score (nSPS) is 19.9. The fourth-order valence-electron chi connectivity index (χ4n) is 4.35. The minimum absolute atomic E-state index is 0.149. The molecule has 0 spiro atoms. The lowest BCUT2D eigenvalue weighted by molar-refractivity contribution is -0.139. The molecule has 12 heteroatoms. The number of carbonyl (C=O) groups is 4. The van der Waals surface area contributed by atoms with Crippen LogP contribution in [0, 0.1) is 11.8 Å². The molecule has 2 aliphatic heterocycles. The Morgan fingerprint density at radius 2 is 1.78 bits per heavy atom.